The van der Waals surface area contributed by atoms with Crippen molar-refractivity contribution >= 4 is 20.9 Å². The number of nitrogens with one attached hydrogen (secondary N) is 1. The van der Waals surface area contributed by atoms with E-state index in [1.54, 1.807) is 16.4 Å². The second-order valence-electron chi connectivity index (χ2n) is 7.55. The third-order valence-electron chi connectivity index (χ3n) is 5.73. The van der Waals surface area contributed by atoms with Gasteiger partial charge in [-0.1, -0.05) is 66.2 Å². The minimum absolute atomic E-state index is 0.337. The Kier molecular flexibility index (Phi) is 4.30. The average Bonchev–Trinajstić information content (AvgIpc) is 3.13. The summed E-state index contributed by atoms with van der Waals surface area (Å²) in [7, 11) is -3.64. The minimum Gasteiger partial charge on any atom is -0.357 e. The van der Waals surface area contributed by atoms with Crippen molar-refractivity contribution in [3.63, 3.8) is 0 Å². The molecule has 1 N–H and O–H groups in total. The van der Waals surface area contributed by atoms with Gasteiger partial charge in [0.25, 0.3) is 0 Å². The van der Waals surface area contributed by atoms with Crippen LogP contribution in [0, 0.1) is 6.92 Å². The Labute approximate surface area is 170 Å². The molecule has 1 aliphatic heterocycles. The smallest absolute Gasteiger partial charge is 0.244 e. The lowest BCUT2D eigenvalue weighted by Crippen LogP contribution is -2.40. The summed E-state index contributed by atoms with van der Waals surface area (Å²) >= 11 is 0. The maximum atomic E-state index is 13.6. The van der Waals surface area contributed by atoms with Gasteiger partial charge < -0.3 is 4.98 Å². The van der Waals surface area contributed by atoms with Gasteiger partial charge in [-0.15, -0.1) is 0 Å². The van der Waals surface area contributed by atoms with E-state index in [1.165, 1.54) is 10.9 Å². The maximum absolute atomic E-state index is 13.6. The monoisotopic (exact) mass is 402 g/mol. The van der Waals surface area contributed by atoms with Crippen LogP contribution in [0.1, 0.15) is 28.4 Å². The van der Waals surface area contributed by atoms with E-state index in [9.17, 15) is 8.42 Å². The van der Waals surface area contributed by atoms with Gasteiger partial charge in [0.1, 0.15) is 0 Å². The third-order valence-corrected chi connectivity index (χ3v) is 7.61. The fraction of sp³-hybridized carbons (Fsp3) is 0.167. The van der Waals surface area contributed by atoms with Crippen molar-refractivity contribution in [3.8, 4) is 0 Å². The van der Waals surface area contributed by atoms with Crippen LogP contribution in [-0.2, 0) is 16.4 Å². The predicted molar refractivity (Wildman–Crippen MR) is 115 cm³/mol. The van der Waals surface area contributed by atoms with E-state index in [1.807, 2.05) is 61.5 Å². The number of rotatable bonds is 3. The van der Waals surface area contributed by atoms with Crippen molar-refractivity contribution in [2.75, 3.05) is 6.54 Å². The highest BCUT2D eigenvalue weighted by molar-refractivity contribution is 7.89. The minimum atomic E-state index is -3.64. The number of benzene rings is 3. The fourth-order valence-corrected chi connectivity index (χ4v) is 5.88. The second kappa shape index (κ2) is 6.87. The molecule has 5 rings (SSSR count). The van der Waals surface area contributed by atoms with E-state index in [4.69, 9.17) is 0 Å². The summed E-state index contributed by atoms with van der Waals surface area (Å²) in [5.41, 5.74) is 5.24. The molecule has 4 aromatic rings. The van der Waals surface area contributed by atoms with Crippen LogP contribution in [0.4, 0.5) is 0 Å². The Morgan fingerprint density at radius 3 is 2.34 bits per heavy atom. The lowest BCUT2D eigenvalue weighted by Gasteiger charge is -2.35. The van der Waals surface area contributed by atoms with Gasteiger partial charge in [0.2, 0.25) is 10.0 Å². The van der Waals surface area contributed by atoms with Crippen LogP contribution in [0.5, 0.6) is 0 Å². The Hall–Kier alpha value is -2.89. The molecule has 146 valence electrons. The molecule has 1 aromatic heterocycles. The van der Waals surface area contributed by atoms with Crippen LogP contribution in [0.15, 0.2) is 83.8 Å². The number of aromatic amines is 1. The zero-order valence-corrected chi connectivity index (χ0v) is 17.0. The van der Waals surface area contributed by atoms with Gasteiger partial charge in [-0.3, -0.25) is 0 Å². The summed E-state index contributed by atoms with van der Waals surface area (Å²) in [5, 5.41) is 1.18. The van der Waals surface area contributed by atoms with Crippen LogP contribution < -0.4 is 0 Å². The van der Waals surface area contributed by atoms with Crippen LogP contribution in [0.3, 0.4) is 0 Å². The molecule has 3 aromatic carbocycles. The zero-order valence-electron chi connectivity index (χ0n) is 16.2. The van der Waals surface area contributed by atoms with Gasteiger partial charge >= 0.3 is 0 Å². The summed E-state index contributed by atoms with van der Waals surface area (Å²) in [4.78, 5) is 3.86. The first kappa shape index (κ1) is 18.2. The lowest BCUT2D eigenvalue weighted by atomic mass is 9.94. The Balaban J connectivity index is 1.70. The highest BCUT2D eigenvalue weighted by Crippen LogP contribution is 2.40. The average molecular weight is 403 g/mol. The molecule has 0 unspecified atom stereocenters. The van der Waals surface area contributed by atoms with Crippen LogP contribution in [0.25, 0.3) is 10.9 Å². The zero-order chi connectivity index (χ0) is 20.0. The third kappa shape index (κ3) is 2.98. The van der Waals surface area contributed by atoms with E-state index in [0.29, 0.717) is 17.9 Å². The van der Waals surface area contributed by atoms with Gasteiger partial charge in [0.05, 0.1) is 10.9 Å². The number of H-pyrrole nitrogens is 1. The first-order valence-corrected chi connectivity index (χ1v) is 11.2. The first-order valence-electron chi connectivity index (χ1n) is 9.78. The number of aryl methyl sites for hydroxylation is 1. The van der Waals surface area contributed by atoms with Gasteiger partial charge in [0.15, 0.2) is 0 Å². The van der Waals surface area contributed by atoms with Gasteiger partial charge in [-0.2, -0.15) is 4.31 Å². The summed E-state index contributed by atoms with van der Waals surface area (Å²) in [6.45, 7) is 2.41. The standard InChI is InChI=1S/C24H22N2O2S/c1-17-11-13-19(14-12-17)29(27,28)26-16-15-21-20-9-5-6-10-22(20)25-23(21)24(26)18-7-3-2-4-8-18/h2-14,24-25H,15-16H2,1H3/t24-/m1/s1. The SMILES string of the molecule is Cc1ccc(S(=O)(=O)N2CCc3c([nH]c4ccccc34)[C@H]2c2ccccc2)cc1. The second-order valence-corrected chi connectivity index (χ2v) is 9.45. The lowest BCUT2D eigenvalue weighted by molar-refractivity contribution is 0.340. The number of nitrogens with zero attached hydrogens (tertiary/aromatic N) is 1. The highest BCUT2D eigenvalue weighted by Gasteiger charge is 2.39. The van der Waals surface area contributed by atoms with E-state index in [0.717, 1.165) is 22.3 Å². The molecule has 0 saturated heterocycles. The quantitative estimate of drug-likeness (QED) is 0.534. The van der Waals surface area contributed by atoms with Crippen LogP contribution in [0.2, 0.25) is 0 Å². The molecule has 29 heavy (non-hydrogen) atoms. The molecule has 0 radical (unpaired) electrons. The Bertz CT molecular complexity index is 1280. The number of aromatic nitrogens is 1. The molecule has 1 atom stereocenters. The normalized spacial score (nSPS) is 17.3. The van der Waals surface area contributed by atoms with Crippen molar-refractivity contribution in [2.45, 2.75) is 24.3 Å². The number of sulfonamides is 1. The number of hydrogen-bond acceptors (Lipinski definition) is 2. The van der Waals surface area contributed by atoms with Crippen LogP contribution in [-0.4, -0.2) is 24.3 Å². The molecule has 0 spiro atoms. The van der Waals surface area contributed by atoms with Crippen molar-refractivity contribution < 1.29 is 8.42 Å². The summed E-state index contributed by atoms with van der Waals surface area (Å²) in [6.07, 6.45) is 0.688. The molecule has 0 fully saturated rings. The molecule has 4 nitrogen and oxygen atoms in total. The van der Waals surface area contributed by atoms with Gasteiger partial charge in [-0.05, 0) is 42.7 Å². The van der Waals surface area contributed by atoms with E-state index >= 15 is 0 Å². The molecule has 0 amide bonds. The van der Waals surface area contributed by atoms with E-state index in [2.05, 4.69) is 17.1 Å². The van der Waals surface area contributed by atoms with Crippen molar-refractivity contribution in [2.24, 2.45) is 0 Å². The summed E-state index contributed by atoms with van der Waals surface area (Å²) < 4.78 is 28.9. The van der Waals surface area contributed by atoms with Crippen LogP contribution >= 0.6 is 0 Å². The van der Waals surface area contributed by atoms with Crippen molar-refractivity contribution in [1.29, 1.82) is 0 Å². The van der Waals surface area contributed by atoms with Gasteiger partial charge in [0, 0.05) is 23.1 Å². The molecular weight excluding hydrogens is 380 g/mol. The summed E-state index contributed by atoms with van der Waals surface area (Å²) in [6, 6.07) is 24.8. The maximum Gasteiger partial charge on any atom is 0.244 e. The number of fused-ring (bicyclic) bond motifs is 3. The highest BCUT2D eigenvalue weighted by atomic mass is 32.2. The molecule has 0 bridgehead atoms. The predicted octanol–water partition coefficient (Wildman–Crippen LogP) is 4.81. The number of hydrogen-bond donors (Lipinski definition) is 1. The molecule has 5 heteroatoms. The van der Waals surface area contributed by atoms with E-state index < -0.39 is 10.0 Å². The van der Waals surface area contributed by atoms with Gasteiger partial charge in [-0.25, -0.2) is 8.42 Å². The number of para-hydroxylation sites is 1. The topological polar surface area (TPSA) is 53.2 Å². The van der Waals surface area contributed by atoms with Crippen molar-refractivity contribution in [3.05, 3.63) is 101 Å². The van der Waals surface area contributed by atoms with Crippen molar-refractivity contribution in [1.82, 2.24) is 9.29 Å². The summed E-state index contributed by atoms with van der Waals surface area (Å²) in [5.74, 6) is 0. The largest absolute Gasteiger partial charge is 0.357 e. The fourth-order valence-electron chi connectivity index (χ4n) is 4.29. The molecule has 0 saturated carbocycles. The van der Waals surface area contributed by atoms with E-state index in [-0.39, 0.29) is 6.04 Å². The molecule has 0 aliphatic carbocycles. The Morgan fingerprint density at radius 1 is 0.897 bits per heavy atom. The molecule has 1 aliphatic rings. The Morgan fingerprint density at radius 2 is 1.59 bits per heavy atom. The first-order chi connectivity index (χ1) is 14.1. The molecule has 2 heterocycles. The molecular formula is C24H22N2O2S.